The fourth-order valence-corrected chi connectivity index (χ4v) is 1.19. The normalized spacial score (nSPS) is 8.50. The molecule has 0 spiro atoms. The minimum Gasteiger partial charge on any atom is -1.00 e. The molecule has 0 aliphatic heterocycles. The third-order valence-electron chi connectivity index (χ3n) is 2.39. The van der Waals surface area contributed by atoms with E-state index in [0.29, 0.717) is 5.56 Å². The summed E-state index contributed by atoms with van der Waals surface area (Å²) in [5, 5.41) is 17.8. The van der Waals surface area contributed by atoms with Crippen molar-refractivity contribution in [2.75, 3.05) is 0 Å². The van der Waals surface area contributed by atoms with Crippen molar-refractivity contribution >= 4 is 59.2 Å². The van der Waals surface area contributed by atoms with Crippen molar-refractivity contribution in [1.29, 1.82) is 0 Å². The van der Waals surface area contributed by atoms with Crippen LogP contribution in [-0.2, 0) is 9.23 Å². The van der Waals surface area contributed by atoms with Crippen molar-refractivity contribution in [3.8, 4) is 0 Å². The van der Waals surface area contributed by atoms with E-state index in [9.17, 15) is 0 Å². The largest absolute Gasteiger partial charge is 2.00 e. The zero-order chi connectivity index (χ0) is 16.3. The van der Waals surface area contributed by atoms with Crippen LogP contribution in [0.5, 0.6) is 0 Å². The van der Waals surface area contributed by atoms with Crippen LogP contribution in [0.3, 0.4) is 0 Å². The number of allylic oxidation sites excluding steroid dienone is 2. The minimum absolute atomic E-state index is 0. The second-order valence-electron chi connectivity index (χ2n) is 3.80. The topological polar surface area (TPSA) is 57.5 Å². The third kappa shape index (κ3) is 15.6. The van der Waals surface area contributed by atoms with Gasteiger partial charge in [-0.25, -0.2) is 4.21 Å². The summed E-state index contributed by atoms with van der Waals surface area (Å²) < 4.78 is 9.09. The average Bonchev–Trinajstić information content (AvgIpc) is 2.39. The van der Waals surface area contributed by atoms with Crippen molar-refractivity contribution in [3.05, 3.63) is 47.9 Å². The Bertz CT molecular complexity index is 429. The molecule has 0 aromatic heterocycles. The maximum absolute atomic E-state index is 9.09. The van der Waals surface area contributed by atoms with E-state index >= 15 is 0 Å². The second kappa shape index (κ2) is 18.0. The first-order valence-corrected chi connectivity index (χ1v) is 8.61. The van der Waals surface area contributed by atoms with Gasteiger partial charge in [0.2, 0.25) is 9.23 Å². The van der Waals surface area contributed by atoms with Gasteiger partial charge in [0.15, 0.2) is 6.29 Å². The summed E-state index contributed by atoms with van der Waals surface area (Å²) in [4.78, 5) is 0. The summed E-state index contributed by atoms with van der Waals surface area (Å²) in [6, 6.07) is 7.26. The first-order chi connectivity index (χ1) is 9.25. The molecule has 0 atom stereocenters. The Labute approximate surface area is 167 Å². The minimum atomic E-state index is -1.67. The summed E-state index contributed by atoms with van der Waals surface area (Å²) in [6.07, 6.45) is -1.38. The molecule has 0 heterocycles. The van der Waals surface area contributed by atoms with Crippen LogP contribution in [0.2, 0.25) is 0 Å². The third-order valence-corrected chi connectivity index (χ3v) is 2.39. The van der Waals surface area contributed by atoms with E-state index < -0.39 is 15.5 Å². The molecule has 0 radical (unpaired) electrons. The average molecular weight is 400 g/mol. The zero-order valence-electron chi connectivity index (χ0n) is 13.1. The van der Waals surface area contributed by atoms with Crippen LogP contribution in [0, 0.1) is 6.92 Å². The Morgan fingerprint density at radius 2 is 1.41 bits per heavy atom. The van der Waals surface area contributed by atoms with Gasteiger partial charge < -0.3 is 29.5 Å². The Morgan fingerprint density at radius 1 is 1.09 bits per heavy atom. The molecule has 0 aliphatic rings. The molecule has 0 amide bonds. The monoisotopic (exact) mass is 398 g/mol. The summed E-state index contributed by atoms with van der Waals surface area (Å²) >= 11 is 0. The molecule has 1 rings (SSSR count). The van der Waals surface area contributed by atoms with Gasteiger partial charge >= 0.3 is 23.1 Å². The fraction of sp³-hybridized carbons (Fsp3) is 0.357. The van der Waals surface area contributed by atoms with E-state index in [1.54, 1.807) is 19.1 Å². The molecule has 0 fully saturated rings. The van der Waals surface area contributed by atoms with Crippen molar-refractivity contribution in [2.45, 2.75) is 34.0 Å². The maximum Gasteiger partial charge on any atom is 2.00 e. The van der Waals surface area contributed by atoms with Gasteiger partial charge in [-0.05, 0) is 31.9 Å². The Balaban J connectivity index is -0.000000177. The van der Waals surface area contributed by atoms with Crippen molar-refractivity contribution in [2.24, 2.45) is 0 Å². The van der Waals surface area contributed by atoms with E-state index in [1.807, 2.05) is 12.1 Å². The van der Waals surface area contributed by atoms with Crippen LogP contribution in [0.25, 0.3) is 5.57 Å². The van der Waals surface area contributed by atoms with Gasteiger partial charge in [0.05, 0.1) is 0 Å². The molecule has 1 aromatic rings. The fourth-order valence-electron chi connectivity index (χ4n) is 1.19. The van der Waals surface area contributed by atoms with E-state index in [0.717, 1.165) is 5.56 Å². The molecule has 8 heteroatoms. The summed E-state index contributed by atoms with van der Waals surface area (Å²) in [7, 11) is 7.36. The van der Waals surface area contributed by atoms with Crippen LogP contribution in [-0.4, -0.2) is 37.5 Å². The summed E-state index contributed by atoms with van der Waals surface area (Å²) in [5.41, 5.74) is 4.14. The van der Waals surface area contributed by atoms with Gasteiger partial charge in [-0.15, -0.1) is 0 Å². The van der Waals surface area contributed by atoms with Crippen molar-refractivity contribution in [1.82, 2.24) is 0 Å². The number of aliphatic hydroxyl groups is 2. The molecular weight excluding hydrogens is 379 g/mol. The number of hydrogen-bond acceptors (Lipinski definition) is 3. The Hall–Kier alpha value is 0.666. The predicted molar refractivity (Wildman–Crippen MR) is 94.2 cm³/mol. The zero-order valence-corrected chi connectivity index (χ0v) is 17.6. The van der Waals surface area contributed by atoms with E-state index in [2.05, 4.69) is 49.1 Å². The summed E-state index contributed by atoms with van der Waals surface area (Å²) in [6.45, 7) is 11.2. The van der Waals surface area contributed by atoms with Crippen LogP contribution in [0.15, 0.2) is 29.8 Å². The quantitative estimate of drug-likeness (QED) is 0.337. The molecule has 0 saturated heterocycles. The molecule has 3 nitrogen and oxygen atoms in total. The van der Waals surface area contributed by atoms with Crippen molar-refractivity contribution < 1.29 is 26.8 Å². The van der Waals surface area contributed by atoms with Crippen LogP contribution < -0.4 is 12.4 Å². The van der Waals surface area contributed by atoms with Gasteiger partial charge in [-0.3, -0.25) is 0 Å². The molecule has 124 valence electrons. The Morgan fingerprint density at radius 3 is 1.64 bits per heavy atom. The number of aliphatic hydroxyl groups excluding tert-OH is 1. The molecule has 0 saturated carbocycles. The first kappa shape index (κ1) is 30.5. The van der Waals surface area contributed by atoms with E-state index in [4.69, 9.17) is 14.4 Å². The molecule has 1 aromatic carbocycles. The molecule has 22 heavy (non-hydrogen) atoms. The first-order valence-electron chi connectivity index (χ1n) is 5.81. The molecular formula is C14H21Cl3MgO3S. The smallest absolute Gasteiger partial charge is 1.00 e. The second-order valence-corrected chi connectivity index (χ2v) is 6.33. The van der Waals surface area contributed by atoms with E-state index in [-0.39, 0.29) is 35.5 Å². The molecule has 0 aliphatic carbocycles. The number of hydrogen-bond donors (Lipinski definition) is 2. The predicted octanol–water partition coefficient (Wildman–Crippen LogP) is 0.989. The molecule has 2 N–H and O–H groups in total. The van der Waals surface area contributed by atoms with Gasteiger partial charge in [0, 0.05) is 26.9 Å². The number of benzene rings is 1. The van der Waals surface area contributed by atoms with Crippen LogP contribution in [0.4, 0.5) is 0 Å². The maximum atomic E-state index is 9.09. The molecule has 0 bridgehead atoms. The van der Waals surface area contributed by atoms with Gasteiger partial charge in [-0.1, -0.05) is 29.8 Å². The van der Waals surface area contributed by atoms with Crippen LogP contribution >= 0.6 is 21.4 Å². The number of halogens is 3. The van der Waals surface area contributed by atoms with Crippen LogP contribution in [0.1, 0.15) is 45.1 Å². The molecule has 0 unspecified atom stereocenters. The van der Waals surface area contributed by atoms with Crippen molar-refractivity contribution in [3.63, 3.8) is 0 Å². The van der Waals surface area contributed by atoms with Gasteiger partial charge in [-0.2, -0.15) is 6.92 Å². The van der Waals surface area contributed by atoms with Gasteiger partial charge in [0.25, 0.3) is 0 Å². The SMILES string of the molecule is CC(C)=C(C)c1ccc(C(O)O)cc1.O=S(Cl)Cl.[CH2-]C.[Cl-].[Mg+2]. The Kier molecular flexibility index (Phi) is 25.0. The number of rotatable bonds is 2. The van der Waals surface area contributed by atoms with Gasteiger partial charge in [0.1, 0.15) is 0 Å². The van der Waals surface area contributed by atoms with E-state index in [1.165, 1.54) is 11.1 Å². The standard InChI is InChI=1S/C12H16O2.C2H5.Cl2OS.ClH.Mg/c1-8(2)9(3)10-4-6-11(7-5-10)12(13)14;1-2;1-4(2)3;;/h4-7,12-14H,1-3H3;1H2,2H3;;1H;/q;-1;;;+2/p-1. The summed E-state index contributed by atoms with van der Waals surface area (Å²) in [5.74, 6) is 0.